The predicted molar refractivity (Wildman–Crippen MR) is 118 cm³/mol. The highest BCUT2D eigenvalue weighted by molar-refractivity contribution is 7.92. The molecule has 2 heterocycles. The highest BCUT2D eigenvalue weighted by Gasteiger charge is 2.35. The van der Waals surface area contributed by atoms with E-state index in [0.29, 0.717) is 27.7 Å². The first-order valence-corrected chi connectivity index (χ1v) is 11.3. The number of aromatic nitrogens is 3. The maximum absolute atomic E-state index is 13.2. The molecule has 0 aliphatic rings. The van der Waals surface area contributed by atoms with Crippen LogP contribution in [0.2, 0.25) is 0 Å². The number of pyridine rings is 1. The van der Waals surface area contributed by atoms with E-state index in [4.69, 9.17) is 10.5 Å². The van der Waals surface area contributed by atoms with Crippen LogP contribution in [-0.4, -0.2) is 35.5 Å². The van der Waals surface area contributed by atoms with E-state index in [1.54, 1.807) is 6.07 Å². The molecule has 13 heteroatoms. The average molecular weight is 495 g/mol. The largest absolute Gasteiger partial charge is 0.487 e. The molecule has 4 aromatic rings. The van der Waals surface area contributed by atoms with E-state index < -0.39 is 27.8 Å². The number of nitrogen functional groups attached to an aromatic ring is 1. The van der Waals surface area contributed by atoms with E-state index in [-0.39, 0.29) is 23.9 Å². The molecule has 0 saturated carbocycles. The molecule has 4 rings (SSSR count). The summed E-state index contributed by atoms with van der Waals surface area (Å²) in [6.07, 6.45) is -3.43. The predicted octanol–water partition coefficient (Wildman–Crippen LogP) is 4.23. The molecule has 0 aliphatic heterocycles. The lowest BCUT2D eigenvalue weighted by atomic mass is 10.0. The van der Waals surface area contributed by atoms with Crippen LogP contribution in [0.3, 0.4) is 0 Å². The van der Waals surface area contributed by atoms with Crippen molar-refractivity contribution in [3.8, 4) is 16.9 Å². The zero-order valence-electron chi connectivity index (χ0n) is 17.2. The molecule has 2 aromatic carbocycles. The lowest BCUT2D eigenvalue weighted by Gasteiger charge is -2.16. The summed E-state index contributed by atoms with van der Waals surface area (Å²) in [6.45, 7) is -0.0999. The quantitative estimate of drug-likeness (QED) is 0.330. The molecule has 0 radical (unpaired) electrons. The fraction of sp³-hybridized carbons (Fsp3) is 0.143. The van der Waals surface area contributed by atoms with Gasteiger partial charge in [-0.15, -0.1) is 0 Å². The first kappa shape index (κ1) is 23.3. The second-order valence-corrected chi connectivity index (χ2v) is 9.02. The van der Waals surface area contributed by atoms with Crippen molar-refractivity contribution in [1.29, 1.82) is 0 Å². The fourth-order valence-corrected chi connectivity index (χ4v) is 4.27. The zero-order valence-corrected chi connectivity index (χ0v) is 18.0. The maximum Gasteiger partial charge on any atom is 0.404 e. The van der Waals surface area contributed by atoms with Crippen molar-refractivity contribution in [2.45, 2.75) is 12.8 Å². The van der Waals surface area contributed by atoms with Gasteiger partial charge in [-0.1, -0.05) is 18.2 Å². The highest BCUT2D eigenvalue weighted by atomic mass is 32.2. The van der Waals surface area contributed by atoms with Crippen LogP contribution in [-0.2, 0) is 16.6 Å². The molecule has 0 atom stereocenters. The Bertz CT molecular complexity index is 1440. The van der Waals surface area contributed by atoms with Crippen molar-refractivity contribution in [2.75, 3.05) is 16.2 Å². The minimum Gasteiger partial charge on any atom is -0.487 e. The van der Waals surface area contributed by atoms with Crippen molar-refractivity contribution in [1.82, 2.24) is 15.2 Å². The SMILES string of the molecule is Nc1[nH]nc2nccc(-c3ccc(NS(=O)(=O)CC(F)(F)F)c(OCc4ccc(F)cc4)c3)c12. The molecule has 4 N–H and O–H groups in total. The molecule has 2 aromatic heterocycles. The van der Waals surface area contributed by atoms with Crippen molar-refractivity contribution >= 4 is 32.6 Å². The van der Waals surface area contributed by atoms with Crippen LogP contribution in [0.15, 0.2) is 54.7 Å². The second-order valence-electron chi connectivity index (χ2n) is 7.30. The molecule has 8 nitrogen and oxygen atoms in total. The van der Waals surface area contributed by atoms with Gasteiger partial charge < -0.3 is 10.5 Å². The van der Waals surface area contributed by atoms with Gasteiger partial charge in [0, 0.05) is 6.20 Å². The van der Waals surface area contributed by atoms with Crippen LogP contribution in [0.4, 0.5) is 29.1 Å². The molecule has 0 saturated heterocycles. The fourth-order valence-electron chi connectivity index (χ4n) is 3.27. The summed E-state index contributed by atoms with van der Waals surface area (Å²) in [7, 11) is -4.76. The third-order valence-electron chi connectivity index (χ3n) is 4.70. The van der Waals surface area contributed by atoms with Gasteiger partial charge in [-0.2, -0.15) is 18.3 Å². The molecule has 0 aliphatic carbocycles. The topological polar surface area (TPSA) is 123 Å². The Kier molecular flexibility index (Phi) is 6.04. The van der Waals surface area contributed by atoms with Gasteiger partial charge in [-0.3, -0.25) is 9.82 Å². The number of halogens is 4. The van der Waals surface area contributed by atoms with Crippen LogP contribution >= 0.6 is 0 Å². The van der Waals surface area contributed by atoms with E-state index in [0.717, 1.165) is 0 Å². The normalized spacial score (nSPS) is 12.1. The number of fused-ring (bicyclic) bond motifs is 1. The van der Waals surface area contributed by atoms with Gasteiger partial charge in [0.05, 0.1) is 11.1 Å². The van der Waals surface area contributed by atoms with Crippen LogP contribution in [0.1, 0.15) is 5.56 Å². The number of benzene rings is 2. The Morgan fingerprint density at radius 2 is 1.82 bits per heavy atom. The molecule has 0 unspecified atom stereocenters. The molecule has 0 amide bonds. The van der Waals surface area contributed by atoms with Gasteiger partial charge in [0.25, 0.3) is 0 Å². The first-order valence-electron chi connectivity index (χ1n) is 9.68. The second kappa shape index (κ2) is 8.82. The van der Waals surface area contributed by atoms with Gasteiger partial charge in [0.15, 0.2) is 11.4 Å². The number of hydrogen-bond acceptors (Lipinski definition) is 6. The molecular formula is C21H17F4N5O3S. The van der Waals surface area contributed by atoms with Crippen molar-refractivity contribution in [3.05, 3.63) is 66.1 Å². The maximum atomic E-state index is 13.2. The molecule has 0 bridgehead atoms. The Morgan fingerprint density at radius 3 is 2.53 bits per heavy atom. The summed E-state index contributed by atoms with van der Waals surface area (Å²) in [6, 6.07) is 11.3. The number of hydrogen-bond donors (Lipinski definition) is 3. The van der Waals surface area contributed by atoms with Crippen LogP contribution in [0.5, 0.6) is 5.75 Å². The molecular weight excluding hydrogens is 478 g/mol. The standard InChI is InChI=1S/C21H17F4N5O3S/c22-14-4-1-12(2-5-14)10-33-17-9-13(15-7-8-27-20-18(15)19(26)28-29-20)3-6-16(17)30-34(31,32)11-21(23,24)25/h1-9,30H,10-11H2,(H3,26,27,28,29). The first-order chi connectivity index (χ1) is 16.0. The number of aromatic amines is 1. The molecule has 34 heavy (non-hydrogen) atoms. The van der Waals surface area contributed by atoms with E-state index in [9.17, 15) is 26.0 Å². The number of ether oxygens (including phenoxy) is 1. The lowest BCUT2D eigenvalue weighted by Crippen LogP contribution is -2.28. The van der Waals surface area contributed by atoms with E-state index in [1.807, 2.05) is 4.72 Å². The Hall–Kier alpha value is -3.87. The van der Waals surface area contributed by atoms with Crippen molar-refractivity contribution in [2.24, 2.45) is 0 Å². The number of sulfonamides is 1. The molecule has 178 valence electrons. The Balaban J connectivity index is 1.73. The molecule has 0 fully saturated rings. The summed E-state index contributed by atoms with van der Waals surface area (Å²) < 4.78 is 83.0. The number of nitrogens with one attached hydrogen (secondary N) is 2. The number of alkyl halides is 3. The van der Waals surface area contributed by atoms with Gasteiger partial charge in [-0.05, 0) is 47.0 Å². The van der Waals surface area contributed by atoms with Gasteiger partial charge >= 0.3 is 6.18 Å². The lowest BCUT2D eigenvalue weighted by molar-refractivity contribution is -0.106. The van der Waals surface area contributed by atoms with E-state index in [2.05, 4.69) is 15.2 Å². The summed E-state index contributed by atoms with van der Waals surface area (Å²) in [4.78, 5) is 4.11. The number of H-pyrrole nitrogens is 1. The third kappa shape index (κ3) is 5.36. The third-order valence-corrected chi connectivity index (χ3v) is 5.94. The number of rotatable bonds is 7. The van der Waals surface area contributed by atoms with Gasteiger partial charge in [0.2, 0.25) is 10.0 Å². The average Bonchev–Trinajstić information content (AvgIpc) is 3.13. The smallest absolute Gasteiger partial charge is 0.404 e. The summed E-state index contributed by atoms with van der Waals surface area (Å²) >= 11 is 0. The van der Waals surface area contributed by atoms with Crippen molar-refractivity contribution in [3.63, 3.8) is 0 Å². The van der Waals surface area contributed by atoms with E-state index in [1.165, 1.54) is 48.7 Å². The molecule has 0 spiro atoms. The van der Waals surface area contributed by atoms with E-state index >= 15 is 0 Å². The zero-order chi connectivity index (χ0) is 24.5. The van der Waals surface area contributed by atoms with Crippen LogP contribution < -0.4 is 15.2 Å². The Morgan fingerprint density at radius 1 is 1.09 bits per heavy atom. The van der Waals surface area contributed by atoms with Gasteiger partial charge in [-0.25, -0.2) is 17.8 Å². The number of nitrogens with zero attached hydrogens (tertiary/aromatic N) is 2. The highest BCUT2D eigenvalue weighted by Crippen LogP contribution is 2.36. The van der Waals surface area contributed by atoms with Gasteiger partial charge in [0.1, 0.15) is 24.0 Å². The van der Waals surface area contributed by atoms with Crippen molar-refractivity contribution < 1.29 is 30.7 Å². The number of nitrogens with two attached hydrogens (primary N) is 1. The summed E-state index contributed by atoms with van der Waals surface area (Å²) in [5, 5.41) is 7.12. The summed E-state index contributed by atoms with van der Waals surface area (Å²) in [5.41, 5.74) is 7.77. The minimum atomic E-state index is -4.93. The monoisotopic (exact) mass is 495 g/mol. The minimum absolute atomic E-state index is 0.0420. The van der Waals surface area contributed by atoms with Crippen LogP contribution in [0, 0.1) is 5.82 Å². The summed E-state index contributed by atoms with van der Waals surface area (Å²) in [5.74, 6) is -2.30. The number of anilines is 2. The Labute approximate surface area is 190 Å². The van der Waals surface area contributed by atoms with Crippen LogP contribution in [0.25, 0.3) is 22.2 Å².